The van der Waals surface area contributed by atoms with Crippen LogP contribution in [0.2, 0.25) is 0 Å². The first-order valence-corrected chi connectivity index (χ1v) is 8.08. The lowest BCUT2D eigenvalue weighted by molar-refractivity contribution is 0.484. The largest absolute Gasteiger partial charge is 0.314 e. The third-order valence-electron chi connectivity index (χ3n) is 3.40. The molecule has 21 heavy (non-hydrogen) atoms. The number of benzene rings is 2. The summed E-state index contributed by atoms with van der Waals surface area (Å²) in [5.41, 5.74) is 1.33. The molecule has 0 bridgehead atoms. The lowest BCUT2D eigenvalue weighted by Crippen LogP contribution is -2.33. The molecule has 0 aliphatic rings. The normalized spacial score (nSPS) is 12.4. The Morgan fingerprint density at radius 1 is 1.00 bits per heavy atom. The van der Waals surface area contributed by atoms with Crippen LogP contribution in [0.1, 0.15) is 18.1 Å². The zero-order chi connectivity index (χ0) is 15.2. The van der Waals surface area contributed by atoms with E-state index in [2.05, 4.69) is 40.0 Å². The van der Waals surface area contributed by atoms with E-state index in [4.69, 9.17) is 0 Å². The highest BCUT2D eigenvalue weighted by atomic mass is 127. The highest BCUT2D eigenvalue weighted by molar-refractivity contribution is 14.1. The van der Waals surface area contributed by atoms with E-state index in [0.29, 0.717) is 6.42 Å². The number of likely N-dealkylation sites (N-methyl/N-ethyl adjacent to an activating group) is 1. The van der Waals surface area contributed by atoms with Crippen molar-refractivity contribution in [2.45, 2.75) is 25.8 Å². The molecule has 2 rings (SSSR count). The Hall–Kier alpha value is -1.01. The number of hydrogen-bond donors (Lipinski definition) is 1. The second-order valence-corrected chi connectivity index (χ2v) is 6.24. The van der Waals surface area contributed by atoms with Crippen molar-refractivity contribution >= 4 is 22.6 Å². The fourth-order valence-electron chi connectivity index (χ4n) is 2.38. The maximum absolute atomic E-state index is 13.8. The van der Waals surface area contributed by atoms with Gasteiger partial charge in [-0.1, -0.05) is 25.1 Å². The molecule has 1 nitrogen and oxygen atoms in total. The molecule has 1 N–H and O–H groups in total. The van der Waals surface area contributed by atoms with E-state index >= 15 is 0 Å². The monoisotopic (exact) mass is 401 g/mol. The molecular weight excluding hydrogens is 383 g/mol. The molecule has 0 aliphatic carbocycles. The molecular formula is C17H18F2IN. The molecule has 1 unspecified atom stereocenters. The van der Waals surface area contributed by atoms with Gasteiger partial charge in [-0.2, -0.15) is 0 Å². The van der Waals surface area contributed by atoms with E-state index < -0.39 is 11.6 Å². The van der Waals surface area contributed by atoms with E-state index in [1.165, 1.54) is 21.8 Å². The maximum Gasteiger partial charge on any atom is 0.129 e. The summed E-state index contributed by atoms with van der Waals surface area (Å²) in [6, 6.07) is 12.2. The summed E-state index contributed by atoms with van der Waals surface area (Å²) in [6.07, 6.45) is 1.09. The van der Waals surface area contributed by atoms with E-state index in [-0.39, 0.29) is 11.6 Å². The van der Waals surface area contributed by atoms with Gasteiger partial charge in [-0.15, -0.1) is 0 Å². The predicted octanol–water partition coefficient (Wildman–Crippen LogP) is 4.33. The fourth-order valence-corrected chi connectivity index (χ4v) is 2.74. The molecule has 0 fully saturated rings. The zero-order valence-corrected chi connectivity index (χ0v) is 14.0. The van der Waals surface area contributed by atoms with Crippen LogP contribution in [0.3, 0.4) is 0 Å². The van der Waals surface area contributed by atoms with Crippen molar-refractivity contribution in [1.29, 1.82) is 0 Å². The third-order valence-corrected chi connectivity index (χ3v) is 4.12. The van der Waals surface area contributed by atoms with Crippen molar-refractivity contribution in [3.05, 3.63) is 68.8 Å². The number of nitrogens with one attached hydrogen (secondary N) is 1. The van der Waals surface area contributed by atoms with Gasteiger partial charge in [0, 0.05) is 15.2 Å². The van der Waals surface area contributed by atoms with Crippen molar-refractivity contribution in [3.8, 4) is 0 Å². The average molecular weight is 401 g/mol. The van der Waals surface area contributed by atoms with Gasteiger partial charge in [0.1, 0.15) is 11.6 Å². The molecule has 4 heteroatoms. The van der Waals surface area contributed by atoms with Crippen LogP contribution in [0.15, 0.2) is 42.5 Å². The topological polar surface area (TPSA) is 12.0 Å². The van der Waals surface area contributed by atoms with Gasteiger partial charge in [0.25, 0.3) is 0 Å². The Labute approximate surface area is 137 Å². The van der Waals surface area contributed by atoms with Gasteiger partial charge in [-0.3, -0.25) is 0 Å². The van der Waals surface area contributed by atoms with E-state index in [1.807, 2.05) is 19.1 Å². The summed E-state index contributed by atoms with van der Waals surface area (Å²) in [5, 5.41) is 3.31. The second-order valence-electron chi connectivity index (χ2n) is 4.99. The minimum Gasteiger partial charge on any atom is -0.314 e. The minimum atomic E-state index is -0.472. The lowest BCUT2D eigenvalue weighted by Gasteiger charge is -2.19. The van der Waals surface area contributed by atoms with Crippen LogP contribution < -0.4 is 5.32 Å². The molecule has 112 valence electrons. The van der Waals surface area contributed by atoms with Crippen LogP contribution in [0.25, 0.3) is 0 Å². The Morgan fingerprint density at radius 2 is 1.62 bits per heavy atom. The third kappa shape index (κ3) is 4.74. The molecule has 0 spiro atoms. The van der Waals surface area contributed by atoms with Crippen LogP contribution in [0.5, 0.6) is 0 Å². The van der Waals surface area contributed by atoms with E-state index in [0.717, 1.165) is 18.5 Å². The lowest BCUT2D eigenvalue weighted by atomic mass is 9.98. The summed E-state index contributed by atoms with van der Waals surface area (Å²) in [5.74, 6) is -0.943. The predicted molar refractivity (Wildman–Crippen MR) is 90.4 cm³/mol. The van der Waals surface area contributed by atoms with Crippen LogP contribution >= 0.6 is 22.6 Å². The van der Waals surface area contributed by atoms with E-state index in [9.17, 15) is 8.78 Å². The summed E-state index contributed by atoms with van der Waals surface area (Å²) in [7, 11) is 0. The van der Waals surface area contributed by atoms with Crippen LogP contribution in [-0.4, -0.2) is 12.6 Å². The quantitative estimate of drug-likeness (QED) is 0.711. The summed E-state index contributed by atoms with van der Waals surface area (Å²) in [6.45, 7) is 2.77. The van der Waals surface area contributed by atoms with Gasteiger partial charge in [-0.25, -0.2) is 8.78 Å². The van der Waals surface area contributed by atoms with Gasteiger partial charge in [-0.05, 0) is 71.8 Å². The average Bonchev–Trinajstić information content (AvgIpc) is 2.45. The van der Waals surface area contributed by atoms with E-state index in [1.54, 1.807) is 0 Å². The molecule has 2 aromatic carbocycles. The molecule has 0 saturated heterocycles. The first-order valence-electron chi connectivity index (χ1n) is 7.01. The van der Waals surface area contributed by atoms with Crippen LogP contribution in [-0.2, 0) is 12.8 Å². The Morgan fingerprint density at radius 3 is 2.19 bits per heavy atom. The van der Waals surface area contributed by atoms with Crippen molar-refractivity contribution in [3.63, 3.8) is 0 Å². The van der Waals surface area contributed by atoms with Crippen LogP contribution in [0, 0.1) is 15.2 Å². The molecule has 2 aromatic rings. The smallest absolute Gasteiger partial charge is 0.129 e. The highest BCUT2D eigenvalue weighted by Crippen LogP contribution is 2.17. The molecule has 0 radical (unpaired) electrons. The molecule has 1 atom stereocenters. The maximum atomic E-state index is 13.8. The highest BCUT2D eigenvalue weighted by Gasteiger charge is 2.15. The number of halogens is 3. The molecule has 0 aromatic heterocycles. The van der Waals surface area contributed by atoms with Crippen molar-refractivity contribution in [2.24, 2.45) is 0 Å². The van der Waals surface area contributed by atoms with Gasteiger partial charge < -0.3 is 5.32 Å². The van der Waals surface area contributed by atoms with Gasteiger partial charge in [0.2, 0.25) is 0 Å². The standard InChI is InChI=1S/C17H18F2IN/c1-2-21-14(10-12-6-8-13(20)9-7-12)11-15-16(18)4-3-5-17(15)19/h3-9,14,21H,2,10-11H2,1H3. The van der Waals surface area contributed by atoms with Gasteiger partial charge >= 0.3 is 0 Å². The summed E-state index contributed by atoms with van der Waals surface area (Å²) in [4.78, 5) is 0. The molecule has 0 amide bonds. The number of rotatable bonds is 6. The fraction of sp³-hybridized carbons (Fsp3) is 0.294. The van der Waals surface area contributed by atoms with Crippen molar-refractivity contribution in [1.82, 2.24) is 5.32 Å². The zero-order valence-electron chi connectivity index (χ0n) is 11.9. The van der Waals surface area contributed by atoms with Crippen LogP contribution in [0.4, 0.5) is 8.78 Å². The summed E-state index contributed by atoms with van der Waals surface area (Å²) < 4.78 is 28.7. The van der Waals surface area contributed by atoms with Gasteiger partial charge in [0.05, 0.1) is 0 Å². The molecule has 0 saturated carbocycles. The first kappa shape index (κ1) is 16.4. The van der Waals surface area contributed by atoms with Gasteiger partial charge in [0.15, 0.2) is 0 Å². The van der Waals surface area contributed by atoms with Crippen molar-refractivity contribution < 1.29 is 8.78 Å². The SMILES string of the molecule is CCNC(Cc1ccc(I)cc1)Cc1c(F)cccc1F. The Bertz CT molecular complexity index is 564. The van der Waals surface area contributed by atoms with Crippen molar-refractivity contribution in [2.75, 3.05) is 6.54 Å². The minimum absolute atomic E-state index is 0.0152. The second kappa shape index (κ2) is 7.84. The summed E-state index contributed by atoms with van der Waals surface area (Å²) >= 11 is 2.26. The Balaban J connectivity index is 2.13. The molecule has 0 aliphatic heterocycles. The Kier molecular flexibility index (Phi) is 6.11. The molecule has 0 heterocycles. The first-order chi connectivity index (χ1) is 10.1. The number of hydrogen-bond acceptors (Lipinski definition) is 1.